The Kier molecular flexibility index (Phi) is 3.09. The largest absolute Gasteiger partial charge is 0.478 e. The number of hydrogen-bond donors (Lipinski definition) is 2. The molecule has 2 aromatic rings. The molecule has 5 heteroatoms. The first kappa shape index (κ1) is 11.2. The van der Waals surface area contributed by atoms with E-state index in [1.54, 1.807) is 12.3 Å². The Morgan fingerprint density at radius 1 is 1.53 bits per heavy atom. The molecule has 2 N–H and O–H groups in total. The van der Waals surface area contributed by atoms with Crippen molar-refractivity contribution in [3.63, 3.8) is 0 Å². The standard InChI is InChI=1S/C12H12N2O3/c1-8(11-3-2-6-17-11)14-10-7-13-5-4-9(10)12(15)16/h2-8,14H,1H3,(H,15,16). The summed E-state index contributed by atoms with van der Waals surface area (Å²) in [5.41, 5.74) is 0.669. The molecule has 0 aromatic carbocycles. The van der Waals surface area contributed by atoms with Gasteiger partial charge in [-0.25, -0.2) is 4.79 Å². The van der Waals surface area contributed by atoms with Gasteiger partial charge >= 0.3 is 5.97 Å². The molecule has 1 atom stereocenters. The molecular weight excluding hydrogens is 220 g/mol. The molecule has 0 saturated heterocycles. The lowest BCUT2D eigenvalue weighted by Gasteiger charge is -2.14. The maximum atomic E-state index is 11.0. The van der Waals surface area contributed by atoms with Gasteiger partial charge in [0.05, 0.1) is 29.8 Å². The first-order chi connectivity index (χ1) is 8.18. The third kappa shape index (κ3) is 2.44. The minimum absolute atomic E-state index is 0.118. The van der Waals surface area contributed by atoms with Crippen molar-refractivity contribution in [2.45, 2.75) is 13.0 Å². The van der Waals surface area contributed by atoms with E-state index in [4.69, 9.17) is 9.52 Å². The Hall–Kier alpha value is -2.30. The second-order valence-electron chi connectivity index (χ2n) is 3.61. The van der Waals surface area contributed by atoms with Crippen LogP contribution in [-0.2, 0) is 0 Å². The molecule has 1 unspecified atom stereocenters. The second-order valence-corrected chi connectivity index (χ2v) is 3.61. The van der Waals surface area contributed by atoms with Crippen LogP contribution in [-0.4, -0.2) is 16.1 Å². The number of carboxylic acid groups (broad SMARTS) is 1. The highest BCUT2D eigenvalue weighted by Crippen LogP contribution is 2.21. The summed E-state index contributed by atoms with van der Waals surface area (Å²) in [6.07, 6.45) is 4.52. The molecule has 0 aliphatic rings. The van der Waals surface area contributed by atoms with Gasteiger partial charge in [0, 0.05) is 6.20 Å². The number of aromatic carboxylic acids is 1. The van der Waals surface area contributed by atoms with E-state index in [1.165, 1.54) is 18.5 Å². The lowest BCUT2D eigenvalue weighted by molar-refractivity contribution is 0.0697. The molecule has 2 rings (SSSR count). The fourth-order valence-corrected chi connectivity index (χ4v) is 1.54. The number of nitrogens with zero attached hydrogens (tertiary/aromatic N) is 1. The summed E-state index contributed by atoms with van der Waals surface area (Å²) >= 11 is 0. The number of furan rings is 1. The van der Waals surface area contributed by atoms with Crippen LogP contribution in [0.2, 0.25) is 0 Å². The Morgan fingerprint density at radius 2 is 2.35 bits per heavy atom. The number of aromatic nitrogens is 1. The van der Waals surface area contributed by atoms with E-state index in [0.717, 1.165) is 5.76 Å². The Labute approximate surface area is 98.1 Å². The van der Waals surface area contributed by atoms with Crippen molar-refractivity contribution >= 4 is 11.7 Å². The zero-order valence-corrected chi connectivity index (χ0v) is 9.25. The van der Waals surface area contributed by atoms with E-state index in [1.807, 2.05) is 13.0 Å². The molecule has 0 bridgehead atoms. The molecule has 0 aliphatic carbocycles. The highest BCUT2D eigenvalue weighted by Gasteiger charge is 2.13. The van der Waals surface area contributed by atoms with E-state index >= 15 is 0 Å². The minimum Gasteiger partial charge on any atom is -0.478 e. The summed E-state index contributed by atoms with van der Waals surface area (Å²) in [4.78, 5) is 14.9. The first-order valence-electron chi connectivity index (χ1n) is 5.15. The summed E-state index contributed by atoms with van der Waals surface area (Å²) in [5, 5.41) is 12.1. The molecule has 88 valence electrons. The molecule has 17 heavy (non-hydrogen) atoms. The van der Waals surface area contributed by atoms with E-state index in [9.17, 15) is 4.79 Å². The molecular formula is C12H12N2O3. The van der Waals surface area contributed by atoms with Crippen molar-refractivity contribution < 1.29 is 14.3 Å². The number of carboxylic acids is 1. The van der Waals surface area contributed by atoms with Gasteiger partial charge in [0.2, 0.25) is 0 Å². The van der Waals surface area contributed by atoms with Gasteiger partial charge in [0.1, 0.15) is 5.76 Å². The van der Waals surface area contributed by atoms with E-state index in [-0.39, 0.29) is 11.6 Å². The van der Waals surface area contributed by atoms with Crippen LogP contribution in [0, 0.1) is 0 Å². The van der Waals surface area contributed by atoms with Crippen LogP contribution in [0.5, 0.6) is 0 Å². The lowest BCUT2D eigenvalue weighted by atomic mass is 10.2. The van der Waals surface area contributed by atoms with Crippen LogP contribution < -0.4 is 5.32 Å². The highest BCUT2D eigenvalue weighted by atomic mass is 16.4. The molecule has 0 amide bonds. The van der Waals surface area contributed by atoms with Crippen molar-refractivity contribution in [3.05, 3.63) is 48.2 Å². The maximum Gasteiger partial charge on any atom is 0.337 e. The number of hydrogen-bond acceptors (Lipinski definition) is 4. The van der Waals surface area contributed by atoms with Gasteiger partial charge in [-0.15, -0.1) is 0 Å². The number of nitrogens with one attached hydrogen (secondary N) is 1. The zero-order chi connectivity index (χ0) is 12.3. The fourth-order valence-electron chi connectivity index (χ4n) is 1.54. The minimum atomic E-state index is -0.985. The van der Waals surface area contributed by atoms with Crippen molar-refractivity contribution in [1.82, 2.24) is 4.98 Å². The number of anilines is 1. The molecule has 0 saturated carbocycles. The summed E-state index contributed by atoms with van der Waals surface area (Å²) in [6.45, 7) is 1.89. The Morgan fingerprint density at radius 3 is 3.00 bits per heavy atom. The number of carbonyl (C=O) groups is 1. The van der Waals surface area contributed by atoms with Crippen LogP contribution in [0.4, 0.5) is 5.69 Å². The van der Waals surface area contributed by atoms with E-state index in [0.29, 0.717) is 5.69 Å². The van der Waals surface area contributed by atoms with Gasteiger partial charge in [-0.3, -0.25) is 4.98 Å². The van der Waals surface area contributed by atoms with Crippen LogP contribution in [0.1, 0.15) is 29.1 Å². The predicted molar refractivity (Wildman–Crippen MR) is 61.9 cm³/mol. The lowest BCUT2D eigenvalue weighted by Crippen LogP contribution is -2.10. The van der Waals surface area contributed by atoms with Crippen LogP contribution >= 0.6 is 0 Å². The molecule has 0 radical (unpaired) electrons. The highest BCUT2D eigenvalue weighted by molar-refractivity contribution is 5.93. The van der Waals surface area contributed by atoms with Crippen LogP contribution in [0.15, 0.2) is 41.3 Å². The smallest absolute Gasteiger partial charge is 0.337 e. The van der Waals surface area contributed by atoms with Gasteiger partial charge in [0.25, 0.3) is 0 Å². The first-order valence-corrected chi connectivity index (χ1v) is 5.15. The van der Waals surface area contributed by atoms with Crippen LogP contribution in [0.3, 0.4) is 0 Å². The third-order valence-electron chi connectivity index (χ3n) is 2.39. The van der Waals surface area contributed by atoms with Gasteiger partial charge in [-0.05, 0) is 25.1 Å². The van der Waals surface area contributed by atoms with Crippen molar-refractivity contribution in [3.8, 4) is 0 Å². The molecule has 0 fully saturated rings. The molecule has 2 heterocycles. The maximum absolute atomic E-state index is 11.0. The fraction of sp³-hybridized carbons (Fsp3) is 0.167. The quantitative estimate of drug-likeness (QED) is 0.847. The number of rotatable bonds is 4. The average molecular weight is 232 g/mol. The molecule has 0 aliphatic heterocycles. The summed E-state index contributed by atoms with van der Waals surface area (Å²) in [5.74, 6) is -0.244. The van der Waals surface area contributed by atoms with Crippen molar-refractivity contribution in [2.75, 3.05) is 5.32 Å². The van der Waals surface area contributed by atoms with E-state index in [2.05, 4.69) is 10.3 Å². The summed E-state index contributed by atoms with van der Waals surface area (Å²) in [7, 11) is 0. The normalized spacial score (nSPS) is 12.1. The molecule has 5 nitrogen and oxygen atoms in total. The average Bonchev–Trinajstić information content (AvgIpc) is 2.83. The monoisotopic (exact) mass is 232 g/mol. The van der Waals surface area contributed by atoms with Crippen LogP contribution in [0.25, 0.3) is 0 Å². The van der Waals surface area contributed by atoms with E-state index < -0.39 is 5.97 Å². The van der Waals surface area contributed by atoms with Gasteiger partial charge in [-0.1, -0.05) is 0 Å². The van der Waals surface area contributed by atoms with Crippen molar-refractivity contribution in [1.29, 1.82) is 0 Å². The summed E-state index contributed by atoms with van der Waals surface area (Å²) in [6, 6.07) is 4.95. The predicted octanol–water partition coefficient (Wildman–Crippen LogP) is 2.55. The summed E-state index contributed by atoms with van der Waals surface area (Å²) < 4.78 is 5.24. The topological polar surface area (TPSA) is 75.4 Å². The zero-order valence-electron chi connectivity index (χ0n) is 9.25. The Bertz CT molecular complexity index is 508. The SMILES string of the molecule is CC(Nc1cnccc1C(=O)O)c1ccco1. The Balaban J connectivity index is 2.21. The third-order valence-corrected chi connectivity index (χ3v) is 2.39. The van der Waals surface area contributed by atoms with Gasteiger partial charge in [0.15, 0.2) is 0 Å². The molecule has 2 aromatic heterocycles. The molecule has 0 spiro atoms. The van der Waals surface area contributed by atoms with Gasteiger partial charge in [-0.2, -0.15) is 0 Å². The second kappa shape index (κ2) is 4.69. The number of pyridine rings is 1. The van der Waals surface area contributed by atoms with Gasteiger partial charge < -0.3 is 14.8 Å². The van der Waals surface area contributed by atoms with Crippen molar-refractivity contribution in [2.24, 2.45) is 0 Å².